The van der Waals surface area contributed by atoms with Gasteiger partial charge in [0.25, 0.3) is 0 Å². The molecule has 104 valence electrons. The van der Waals surface area contributed by atoms with Gasteiger partial charge in [0.2, 0.25) is 11.7 Å². The topological polar surface area (TPSA) is 106 Å². The molecule has 0 saturated heterocycles. The lowest BCUT2D eigenvalue weighted by molar-refractivity contribution is 0.380. The molecule has 3 aromatic rings. The van der Waals surface area contributed by atoms with Crippen molar-refractivity contribution in [2.24, 2.45) is 0 Å². The minimum Gasteiger partial charge on any atom is -0.338 e. The van der Waals surface area contributed by atoms with Gasteiger partial charge >= 0.3 is 0 Å². The number of aromatic nitrogens is 7. The van der Waals surface area contributed by atoms with E-state index in [1.165, 1.54) is 41.2 Å². The third kappa shape index (κ3) is 2.83. The Labute approximate surface area is 126 Å². The Morgan fingerprint density at radius 3 is 3.00 bits per heavy atom. The fourth-order valence-electron chi connectivity index (χ4n) is 1.34. The van der Waals surface area contributed by atoms with Crippen LogP contribution in [0, 0.1) is 0 Å². The zero-order valence-electron chi connectivity index (χ0n) is 10.5. The highest BCUT2D eigenvalue weighted by Gasteiger charge is 2.19. The van der Waals surface area contributed by atoms with Crippen LogP contribution in [0.4, 0.5) is 0 Å². The fourth-order valence-corrected chi connectivity index (χ4v) is 3.28. The number of H-pyrrole nitrogens is 1. The van der Waals surface area contributed by atoms with Crippen LogP contribution in [0.5, 0.6) is 0 Å². The summed E-state index contributed by atoms with van der Waals surface area (Å²) in [6.45, 7) is 1.96. The number of rotatable bonds is 5. The van der Waals surface area contributed by atoms with Gasteiger partial charge in [-0.1, -0.05) is 40.0 Å². The van der Waals surface area contributed by atoms with Gasteiger partial charge in [0.15, 0.2) is 14.5 Å². The maximum absolute atomic E-state index is 5.26. The van der Waals surface area contributed by atoms with E-state index in [1.54, 1.807) is 0 Å². The molecule has 1 N–H and O–H groups in total. The van der Waals surface area contributed by atoms with Gasteiger partial charge < -0.3 is 4.52 Å². The number of aromatic amines is 1. The van der Waals surface area contributed by atoms with Crippen LogP contribution in [-0.4, -0.2) is 41.8 Å². The van der Waals surface area contributed by atoms with Crippen molar-refractivity contribution < 1.29 is 4.52 Å². The van der Waals surface area contributed by atoms with Crippen molar-refractivity contribution in [1.82, 2.24) is 35.5 Å². The quantitative estimate of drug-likeness (QED) is 0.706. The van der Waals surface area contributed by atoms with Crippen molar-refractivity contribution in [1.29, 1.82) is 0 Å². The molecule has 0 aromatic carbocycles. The molecule has 3 heterocycles. The second kappa shape index (κ2) is 5.89. The Kier molecular flexibility index (Phi) is 3.98. The average Bonchev–Trinajstić information content (AvgIpc) is 3.19. The minimum atomic E-state index is -0.0304. The highest BCUT2D eigenvalue weighted by atomic mass is 32.2. The van der Waals surface area contributed by atoms with Crippen LogP contribution in [0.1, 0.15) is 18.1 Å². The number of nitrogens with zero attached hydrogens (tertiary/aromatic N) is 6. The van der Waals surface area contributed by atoms with Crippen molar-refractivity contribution in [2.75, 3.05) is 6.26 Å². The van der Waals surface area contributed by atoms with E-state index in [0.717, 1.165) is 4.34 Å². The number of nitrogens with one attached hydrogen (secondary N) is 1. The van der Waals surface area contributed by atoms with Crippen molar-refractivity contribution in [2.45, 2.75) is 21.7 Å². The highest BCUT2D eigenvalue weighted by molar-refractivity contribution is 8.00. The van der Waals surface area contributed by atoms with Gasteiger partial charge in [0.1, 0.15) is 6.33 Å². The summed E-state index contributed by atoms with van der Waals surface area (Å²) >= 11 is 4.43. The van der Waals surface area contributed by atoms with Crippen LogP contribution in [-0.2, 0) is 0 Å². The lowest BCUT2D eigenvalue weighted by Crippen LogP contribution is -1.90. The standard InChI is InChI=1S/C9H9N7OS3/c1-4(19-8-10-3-11-14-8)6-12-5(16-17-6)7-13-15-9(18-2)20-7/h3-4H,1-2H3,(H,10,11,14). The molecule has 0 aliphatic carbocycles. The Bertz CT molecular complexity index is 679. The predicted molar refractivity (Wildman–Crippen MR) is 75.6 cm³/mol. The molecule has 0 spiro atoms. The Hall–Kier alpha value is -1.46. The van der Waals surface area contributed by atoms with Crippen LogP contribution >= 0.6 is 34.9 Å². The summed E-state index contributed by atoms with van der Waals surface area (Å²) in [5.74, 6) is 0.977. The summed E-state index contributed by atoms with van der Waals surface area (Å²) in [7, 11) is 0. The molecule has 0 bridgehead atoms. The molecular weight excluding hydrogens is 318 g/mol. The monoisotopic (exact) mass is 327 g/mol. The molecule has 1 unspecified atom stereocenters. The molecule has 0 saturated carbocycles. The van der Waals surface area contributed by atoms with E-state index in [9.17, 15) is 0 Å². The molecule has 11 heteroatoms. The lowest BCUT2D eigenvalue weighted by Gasteiger charge is -2.01. The van der Waals surface area contributed by atoms with Crippen molar-refractivity contribution in [3.63, 3.8) is 0 Å². The summed E-state index contributed by atoms with van der Waals surface area (Å²) in [6, 6.07) is 0. The van der Waals surface area contributed by atoms with Crippen LogP contribution in [0.25, 0.3) is 10.8 Å². The minimum absolute atomic E-state index is 0.0304. The highest BCUT2D eigenvalue weighted by Crippen LogP contribution is 2.33. The summed E-state index contributed by atoms with van der Waals surface area (Å²) in [4.78, 5) is 8.39. The van der Waals surface area contributed by atoms with E-state index in [0.29, 0.717) is 21.9 Å². The van der Waals surface area contributed by atoms with E-state index in [2.05, 4.69) is 35.5 Å². The molecule has 3 rings (SSSR count). The number of thioether (sulfide) groups is 2. The van der Waals surface area contributed by atoms with Gasteiger partial charge in [-0.25, -0.2) is 4.98 Å². The van der Waals surface area contributed by atoms with Gasteiger partial charge in [0.05, 0.1) is 5.25 Å². The maximum Gasteiger partial charge on any atom is 0.240 e. The normalized spacial score (nSPS) is 12.7. The van der Waals surface area contributed by atoms with Gasteiger partial charge in [-0.2, -0.15) is 10.1 Å². The fraction of sp³-hybridized carbons (Fsp3) is 0.333. The smallest absolute Gasteiger partial charge is 0.240 e. The van der Waals surface area contributed by atoms with Gasteiger partial charge in [-0.3, -0.25) is 5.10 Å². The van der Waals surface area contributed by atoms with Gasteiger partial charge in [-0.15, -0.1) is 10.2 Å². The third-order valence-corrected chi connectivity index (χ3v) is 5.11. The number of hydrogen-bond acceptors (Lipinski definition) is 10. The molecular formula is C9H9N7OS3. The SMILES string of the molecule is CSc1nnc(-c2noc(C(C)Sc3ncn[nH]3)n2)s1. The molecule has 8 nitrogen and oxygen atoms in total. The van der Waals surface area contributed by atoms with Gasteiger partial charge in [-0.05, 0) is 13.2 Å². The first-order chi connectivity index (χ1) is 9.76. The van der Waals surface area contributed by atoms with E-state index >= 15 is 0 Å². The predicted octanol–water partition coefficient (Wildman–Crippen LogP) is 2.28. The molecule has 1 atom stereocenters. The average molecular weight is 327 g/mol. The summed E-state index contributed by atoms with van der Waals surface area (Å²) < 4.78 is 6.13. The zero-order valence-corrected chi connectivity index (χ0v) is 12.9. The molecule has 0 aliphatic heterocycles. The molecule has 0 radical (unpaired) electrons. The van der Waals surface area contributed by atoms with Crippen molar-refractivity contribution in [3.05, 3.63) is 12.2 Å². The third-order valence-electron chi connectivity index (χ3n) is 2.24. The Balaban J connectivity index is 1.75. The molecule has 0 fully saturated rings. The lowest BCUT2D eigenvalue weighted by atomic mass is 10.5. The van der Waals surface area contributed by atoms with Crippen LogP contribution < -0.4 is 0 Å². The summed E-state index contributed by atoms with van der Waals surface area (Å²) in [6.07, 6.45) is 3.40. The number of hydrogen-bond donors (Lipinski definition) is 1. The Morgan fingerprint density at radius 1 is 1.40 bits per heavy atom. The second-order valence-corrected chi connectivity index (χ2v) is 6.94. The first kappa shape index (κ1) is 13.5. The van der Waals surface area contributed by atoms with Crippen molar-refractivity contribution in [3.8, 4) is 10.8 Å². The van der Waals surface area contributed by atoms with Gasteiger partial charge in [0, 0.05) is 0 Å². The summed E-state index contributed by atoms with van der Waals surface area (Å²) in [5.41, 5.74) is 0. The van der Waals surface area contributed by atoms with E-state index < -0.39 is 0 Å². The second-order valence-electron chi connectivity index (χ2n) is 3.58. The molecule has 0 amide bonds. The molecule has 0 aliphatic rings. The molecule has 3 aromatic heterocycles. The molecule has 20 heavy (non-hydrogen) atoms. The Morgan fingerprint density at radius 2 is 2.30 bits per heavy atom. The largest absolute Gasteiger partial charge is 0.338 e. The van der Waals surface area contributed by atoms with E-state index in [4.69, 9.17) is 4.52 Å². The first-order valence-corrected chi connectivity index (χ1v) is 8.42. The first-order valence-electron chi connectivity index (χ1n) is 5.49. The van der Waals surface area contributed by atoms with E-state index in [1.807, 2.05) is 13.2 Å². The summed E-state index contributed by atoms with van der Waals surface area (Å²) in [5, 5.41) is 19.9. The maximum atomic E-state index is 5.26. The van der Waals surface area contributed by atoms with Crippen molar-refractivity contribution >= 4 is 34.9 Å². The van der Waals surface area contributed by atoms with Crippen LogP contribution in [0.3, 0.4) is 0 Å². The van der Waals surface area contributed by atoms with Crippen LogP contribution in [0.15, 0.2) is 20.3 Å². The zero-order chi connectivity index (χ0) is 13.9. The van der Waals surface area contributed by atoms with E-state index in [-0.39, 0.29) is 5.25 Å². The van der Waals surface area contributed by atoms with Crippen LogP contribution in [0.2, 0.25) is 0 Å².